The van der Waals surface area contributed by atoms with Crippen molar-refractivity contribution in [2.45, 2.75) is 20.3 Å². The summed E-state index contributed by atoms with van der Waals surface area (Å²) in [6, 6.07) is 11.6. The minimum Gasteiger partial charge on any atom is -0.455 e. The van der Waals surface area contributed by atoms with Crippen LogP contribution in [0.25, 0.3) is 0 Å². The quantitative estimate of drug-likeness (QED) is 0.443. The van der Waals surface area contributed by atoms with E-state index in [1.165, 1.54) is 11.0 Å². The van der Waals surface area contributed by atoms with E-state index in [0.717, 1.165) is 5.56 Å². The summed E-state index contributed by atoms with van der Waals surface area (Å²) in [5.74, 6) is -2.22. The van der Waals surface area contributed by atoms with Crippen molar-refractivity contribution >= 4 is 34.8 Å². The predicted octanol–water partition coefficient (Wildman–Crippen LogP) is 2.75. The van der Waals surface area contributed by atoms with Gasteiger partial charge in [-0.2, -0.15) is 0 Å². The molecule has 1 fully saturated rings. The standard InChI is InChI=1S/C21H21N3O6/c1-13-3-6-16(7-4-13)22-19(25)12-30-21(27)15-9-20(26)23(11-15)17-8-5-14(2)18(10-17)24(28)29/h3-8,10,15H,9,11-12H2,1-2H3,(H,22,25)/t15-/m0/s1. The normalized spacial score (nSPS) is 15.7. The highest BCUT2D eigenvalue weighted by molar-refractivity contribution is 6.00. The molecule has 0 aliphatic carbocycles. The Morgan fingerprint density at radius 2 is 1.90 bits per heavy atom. The van der Waals surface area contributed by atoms with Gasteiger partial charge in [0.15, 0.2) is 6.61 Å². The van der Waals surface area contributed by atoms with Crippen molar-refractivity contribution in [3.05, 3.63) is 63.7 Å². The summed E-state index contributed by atoms with van der Waals surface area (Å²) in [4.78, 5) is 48.5. The number of nitro benzene ring substituents is 1. The molecule has 1 N–H and O–H groups in total. The lowest BCUT2D eigenvalue weighted by molar-refractivity contribution is -0.385. The van der Waals surface area contributed by atoms with E-state index in [2.05, 4.69) is 5.32 Å². The zero-order valence-electron chi connectivity index (χ0n) is 16.6. The van der Waals surface area contributed by atoms with Crippen LogP contribution in [-0.2, 0) is 19.1 Å². The first kappa shape index (κ1) is 21.0. The van der Waals surface area contributed by atoms with Gasteiger partial charge < -0.3 is 15.0 Å². The topological polar surface area (TPSA) is 119 Å². The molecule has 1 atom stereocenters. The average Bonchev–Trinajstić information content (AvgIpc) is 3.10. The van der Waals surface area contributed by atoms with Crippen LogP contribution in [0.1, 0.15) is 17.5 Å². The van der Waals surface area contributed by atoms with E-state index in [9.17, 15) is 24.5 Å². The fourth-order valence-electron chi connectivity index (χ4n) is 3.17. The summed E-state index contributed by atoms with van der Waals surface area (Å²) in [6.07, 6.45) is -0.0832. The van der Waals surface area contributed by atoms with Crippen molar-refractivity contribution in [3.8, 4) is 0 Å². The van der Waals surface area contributed by atoms with Gasteiger partial charge in [0.1, 0.15) is 0 Å². The summed E-state index contributed by atoms with van der Waals surface area (Å²) in [6.45, 7) is 3.11. The second-order valence-electron chi connectivity index (χ2n) is 7.16. The van der Waals surface area contributed by atoms with Crippen LogP contribution in [0.5, 0.6) is 0 Å². The van der Waals surface area contributed by atoms with Crippen molar-refractivity contribution in [1.82, 2.24) is 0 Å². The summed E-state index contributed by atoms with van der Waals surface area (Å²) < 4.78 is 5.06. The number of anilines is 2. The number of nitro groups is 1. The molecule has 30 heavy (non-hydrogen) atoms. The monoisotopic (exact) mass is 411 g/mol. The van der Waals surface area contributed by atoms with Crippen molar-refractivity contribution in [2.24, 2.45) is 5.92 Å². The van der Waals surface area contributed by atoms with Gasteiger partial charge in [-0.25, -0.2) is 0 Å². The smallest absolute Gasteiger partial charge is 0.311 e. The molecule has 9 heteroatoms. The Balaban J connectivity index is 1.57. The van der Waals surface area contributed by atoms with Crippen LogP contribution in [0.2, 0.25) is 0 Å². The third-order valence-corrected chi connectivity index (χ3v) is 4.84. The molecule has 0 radical (unpaired) electrons. The summed E-state index contributed by atoms with van der Waals surface area (Å²) in [7, 11) is 0. The van der Waals surface area contributed by atoms with E-state index in [1.807, 2.05) is 19.1 Å². The van der Waals surface area contributed by atoms with E-state index < -0.39 is 29.3 Å². The summed E-state index contributed by atoms with van der Waals surface area (Å²) >= 11 is 0. The predicted molar refractivity (Wildman–Crippen MR) is 109 cm³/mol. The number of rotatable bonds is 6. The highest BCUT2D eigenvalue weighted by Crippen LogP contribution is 2.30. The Hall–Kier alpha value is -3.75. The van der Waals surface area contributed by atoms with Gasteiger partial charge in [-0.1, -0.05) is 23.8 Å². The van der Waals surface area contributed by atoms with Gasteiger partial charge in [0.25, 0.3) is 11.6 Å². The Morgan fingerprint density at radius 3 is 2.57 bits per heavy atom. The van der Waals surface area contributed by atoms with Crippen molar-refractivity contribution < 1.29 is 24.0 Å². The molecule has 3 rings (SSSR count). The number of ether oxygens (including phenoxy) is 1. The number of hydrogen-bond acceptors (Lipinski definition) is 6. The second-order valence-corrected chi connectivity index (χ2v) is 7.16. The van der Waals surface area contributed by atoms with Gasteiger partial charge in [-0.15, -0.1) is 0 Å². The number of nitrogens with one attached hydrogen (secondary N) is 1. The highest BCUT2D eigenvalue weighted by Gasteiger charge is 2.37. The highest BCUT2D eigenvalue weighted by atomic mass is 16.6. The molecule has 2 amide bonds. The molecule has 1 aliphatic rings. The molecular weight excluding hydrogens is 390 g/mol. The number of esters is 1. The molecular formula is C21H21N3O6. The third kappa shape index (κ3) is 4.80. The lowest BCUT2D eigenvalue weighted by Gasteiger charge is -2.16. The van der Waals surface area contributed by atoms with Crippen LogP contribution in [0.15, 0.2) is 42.5 Å². The lowest BCUT2D eigenvalue weighted by Crippen LogP contribution is -2.28. The summed E-state index contributed by atoms with van der Waals surface area (Å²) in [5.41, 5.74) is 2.37. The molecule has 2 aromatic carbocycles. The van der Waals surface area contributed by atoms with Gasteiger partial charge in [0, 0.05) is 30.3 Å². The zero-order chi connectivity index (χ0) is 21.8. The molecule has 1 saturated heterocycles. The SMILES string of the molecule is Cc1ccc(NC(=O)COC(=O)[C@H]2CC(=O)N(c3ccc(C)c([N+](=O)[O-])c3)C2)cc1. The number of carbonyl (C=O) groups excluding carboxylic acids is 3. The van der Waals surface area contributed by atoms with Crippen LogP contribution < -0.4 is 10.2 Å². The number of aryl methyl sites for hydroxylation is 2. The van der Waals surface area contributed by atoms with Crippen LogP contribution in [0, 0.1) is 29.9 Å². The molecule has 0 saturated carbocycles. The fraction of sp³-hybridized carbons (Fsp3) is 0.286. The molecule has 0 unspecified atom stereocenters. The molecule has 9 nitrogen and oxygen atoms in total. The number of carbonyl (C=O) groups is 3. The van der Waals surface area contributed by atoms with Crippen LogP contribution >= 0.6 is 0 Å². The Bertz CT molecular complexity index is 1000. The fourth-order valence-corrected chi connectivity index (χ4v) is 3.17. The van der Waals surface area contributed by atoms with Gasteiger partial charge >= 0.3 is 5.97 Å². The van der Waals surface area contributed by atoms with Crippen LogP contribution in [0.3, 0.4) is 0 Å². The molecule has 1 aliphatic heterocycles. The minimum absolute atomic E-state index is 0.0391. The Kier molecular flexibility index (Phi) is 6.10. The van der Waals surface area contributed by atoms with E-state index in [-0.39, 0.29) is 24.6 Å². The Morgan fingerprint density at radius 1 is 1.20 bits per heavy atom. The van der Waals surface area contributed by atoms with Gasteiger partial charge in [0.2, 0.25) is 5.91 Å². The van der Waals surface area contributed by atoms with Crippen molar-refractivity contribution in [2.75, 3.05) is 23.4 Å². The first-order chi connectivity index (χ1) is 14.2. The average molecular weight is 411 g/mol. The molecule has 0 aromatic heterocycles. The van der Waals surface area contributed by atoms with Crippen LogP contribution in [-0.4, -0.2) is 35.9 Å². The van der Waals surface area contributed by atoms with E-state index in [4.69, 9.17) is 4.74 Å². The molecule has 0 bridgehead atoms. The molecule has 0 spiro atoms. The Labute approximate surface area is 172 Å². The molecule has 2 aromatic rings. The lowest BCUT2D eigenvalue weighted by atomic mass is 10.1. The van der Waals surface area contributed by atoms with Crippen molar-refractivity contribution in [3.63, 3.8) is 0 Å². The largest absolute Gasteiger partial charge is 0.455 e. The minimum atomic E-state index is -0.745. The maximum absolute atomic E-state index is 12.3. The third-order valence-electron chi connectivity index (χ3n) is 4.84. The molecule has 1 heterocycles. The van der Waals surface area contributed by atoms with Gasteiger partial charge in [-0.05, 0) is 32.0 Å². The zero-order valence-corrected chi connectivity index (χ0v) is 16.6. The molecule has 156 valence electrons. The van der Waals surface area contributed by atoms with E-state index in [0.29, 0.717) is 16.9 Å². The number of nitrogens with zero attached hydrogens (tertiary/aromatic N) is 2. The maximum Gasteiger partial charge on any atom is 0.311 e. The number of hydrogen-bond donors (Lipinski definition) is 1. The van der Waals surface area contributed by atoms with Crippen molar-refractivity contribution in [1.29, 1.82) is 0 Å². The number of amides is 2. The van der Waals surface area contributed by atoms with Gasteiger partial charge in [0.05, 0.1) is 16.5 Å². The maximum atomic E-state index is 12.3. The van der Waals surface area contributed by atoms with Crippen LogP contribution in [0.4, 0.5) is 17.1 Å². The first-order valence-corrected chi connectivity index (χ1v) is 9.33. The second kappa shape index (κ2) is 8.73. The first-order valence-electron chi connectivity index (χ1n) is 9.33. The van der Waals surface area contributed by atoms with E-state index in [1.54, 1.807) is 31.2 Å². The summed E-state index contributed by atoms with van der Waals surface area (Å²) in [5, 5.41) is 13.8. The van der Waals surface area contributed by atoms with Gasteiger partial charge in [-0.3, -0.25) is 24.5 Å². The van der Waals surface area contributed by atoms with E-state index >= 15 is 0 Å². The number of benzene rings is 2.